The van der Waals surface area contributed by atoms with Crippen molar-refractivity contribution in [1.29, 1.82) is 0 Å². The largest absolute Gasteiger partial charge is 0.481 e. The van der Waals surface area contributed by atoms with Gasteiger partial charge in [0.1, 0.15) is 10.8 Å². The average Bonchev–Trinajstić information content (AvgIpc) is 3.27. The summed E-state index contributed by atoms with van der Waals surface area (Å²) in [7, 11) is 0. The molecule has 37 heavy (non-hydrogen) atoms. The van der Waals surface area contributed by atoms with Crippen LogP contribution in [0, 0.1) is 0 Å². The van der Waals surface area contributed by atoms with Crippen LogP contribution >= 0.6 is 11.3 Å². The maximum atomic E-state index is 13.0. The average molecular weight is 521 g/mol. The van der Waals surface area contributed by atoms with Gasteiger partial charge in [-0.1, -0.05) is 19.1 Å². The van der Waals surface area contributed by atoms with Crippen molar-refractivity contribution in [1.82, 2.24) is 0 Å². The Bertz CT molecular complexity index is 1260. The van der Waals surface area contributed by atoms with E-state index in [1.807, 2.05) is 24.3 Å². The Labute approximate surface area is 221 Å². The number of hydrogen-bond acceptors (Lipinski definition) is 6. The van der Waals surface area contributed by atoms with Crippen molar-refractivity contribution in [3.8, 4) is 5.75 Å². The number of esters is 1. The molecule has 2 aromatic carbocycles. The van der Waals surface area contributed by atoms with E-state index in [0.29, 0.717) is 27.6 Å². The fraction of sp³-hybridized carbons (Fsp3) is 0.345. The molecule has 0 aliphatic heterocycles. The molecule has 194 valence electrons. The van der Waals surface area contributed by atoms with Crippen LogP contribution in [0.25, 0.3) is 0 Å². The van der Waals surface area contributed by atoms with Crippen LogP contribution in [0.4, 0.5) is 10.7 Å². The standard InChI is InChI=1S/C29H32N2O5S/c1-4-19-10-14-21(15-11-19)30-26(32)18(3)36-22-16-12-20(13-17-22)27(33)31-28-25(29(34)35-5-2)23-8-6-7-9-24(23)37-28/h10-18H,4-9H2,1-3H3,(H,30,32)(H,31,33)/t18-/m1/s1. The molecular weight excluding hydrogens is 488 g/mol. The molecule has 0 saturated heterocycles. The summed E-state index contributed by atoms with van der Waals surface area (Å²) in [5, 5.41) is 6.30. The lowest BCUT2D eigenvalue weighted by Gasteiger charge is -2.15. The third kappa shape index (κ3) is 6.38. The second-order valence-electron chi connectivity index (χ2n) is 8.91. The number of carbonyl (C=O) groups is 3. The van der Waals surface area contributed by atoms with E-state index >= 15 is 0 Å². The molecule has 0 unspecified atom stereocenters. The van der Waals surface area contributed by atoms with Gasteiger partial charge < -0.3 is 20.1 Å². The van der Waals surface area contributed by atoms with Crippen molar-refractivity contribution in [2.45, 2.75) is 59.0 Å². The summed E-state index contributed by atoms with van der Waals surface area (Å²) in [6.07, 6.45) is 4.03. The van der Waals surface area contributed by atoms with Gasteiger partial charge in [-0.2, -0.15) is 0 Å². The molecule has 1 heterocycles. The van der Waals surface area contributed by atoms with Crippen LogP contribution in [0.5, 0.6) is 5.75 Å². The number of thiophene rings is 1. The highest BCUT2D eigenvalue weighted by atomic mass is 32.1. The number of nitrogens with one attached hydrogen (secondary N) is 2. The third-order valence-electron chi connectivity index (χ3n) is 6.31. The number of rotatable bonds is 9. The molecule has 2 N–H and O–H groups in total. The van der Waals surface area contributed by atoms with Gasteiger partial charge in [-0.3, -0.25) is 9.59 Å². The number of benzene rings is 2. The van der Waals surface area contributed by atoms with E-state index < -0.39 is 12.1 Å². The molecule has 0 saturated carbocycles. The van der Waals surface area contributed by atoms with Crippen LogP contribution in [0.1, 0.15) is 70.3 Å². The second-order valence-corrected chi connectivity index (χ2v) is 10.0. The van der Waals surface area contributed by atoms with Crippen LogP contribution in [-0.2, 0) is 28.8 Å². The Morgan fingerprint density at radius 3 is 2.32 bits per heavy atom. The zero-order valence-corrected chi connectivity index (χ0v) is 22.2. The Morgan fingerprint density at radius 1 is 0.946 bits per heavy atom. The van der Waals surface area contributed by atoms with Crippen molar-refractivity contribution in [2.75, 3.05) is 17.2 Å². The van der Waals surface area contributed by atoms with Gasteiger partial charge in [0.2, 0.25) is 0 Å². The van der Waals surface area contributed by atoms with E-state index in [2.05, 4.69) is 17.6 Å². The highest BCUT2D eigenvalue weighted by molar-refractivity contribution is 7.17. The first-order chi connectivity index (χ1) is 17.9. The summed E-state index contributed by atoms with van der Waals surface area (Å²) in [5.74, 6) is -0.509. The summed E-state index contributed by atoms with van der Waals surface area (Å²) >= 11 is 1.45. The van der Waals surface area contributed by atoms with E-state index in [0.717, 1.165) is 42.5 Å². The SMILES string of the molecule is CCOC(=O)c1c(NC(=O)c2ccc(O[C@H](C)C(=O)Nc3ccc(CC)cc3)cc2)sc2c1CCCC2. The topological polar surface area (TPSA) is 93.7 Å². The first kappa shape index (κ1) is 26.4. The lowest BCUT2D eigenvalue weighted by Crippen LogP contribution is -2.30. The van der Waals surface area contributed by atoms with Crippen LogP contribution in [0.3, 0.4) is 0 Å². The third-order valence-corrected chi connectivity index (χ3v) is 7.51. The van der Waals surface area contributed by atoms with Crippen molar-refractivity contribution in [3.63, 3.8) is 0 Å². The summed E-state index contributed by atoms with van der Waals surface area (Å²) in [4.78, 5) is 39.3. The van der Waals surface area contributed by atoms with Crippen molar-refractivity contribution in [3.05, 3.63) is 75.7 Å². The number of fused-ring (bicyclic) bond motifs is 1. The summed E-state index contributed by atoms with van der Waals surface area (Å²) in [5.41, 5.74) is 3.81. The van der Waals surface area contributed by atoms with Crippen molar-refractivity contribution in [2.24, 2.45) is 0 Å². The monoisotopic (exact) mass is 520 g/mol. The van der Waals surface area contributed by atoms with Gasteiger partial charge in [0, 0.05) is 16.1 Å². The molecule has 2 amide bonds. The normalized spacial score (nSPS) is 13.3. The molecule has 3 aromatic rings. The molecule has 1 atom stereocenters. The molecule has 0 bridgehead atoms. The van der Waals surface area contributed by atoms with Crippen LogP contribution in [-0.4, -0.2) is 30.5 Å². The quantitative estimate of drug-likeness (QED) is 0.336. The zero-order chi connectivity index (χ0) is 26.4. The second kappa shape index (κ2) is 12.1. The maximum Gasteiger partial charge on any atom is 0.341 e. The fourth-order valence-corrected chi connectivity index (χ4v) is 5.53. The Hall–Kier alpha value is -3.65. The minimum Gasteiger partial charge on any atom is -0.481 e. The summed E-state index contributed by atoms with van der Waals surface area (Å²) in [6, 6.07) is 14.3. The number of ether oxygens (including phenoxy) is 2. The lowest BCUT2D eigenvalue weighted by molar-refractivity contribution is -0.122. The number of hydrogen-bond donors (Lipinski definition) is 2. The van der Waals surface area contributed by atoms with E-state index in [-0.39, 0.29) is 18.4 Å². The van der Waals surface area contributed by atoms with E-state index in [1.54, 1.807) is 38.1 Å². The highest BCUT2D eigenvalue weighted by Gasteiger charge is 2.27. The Morgan fingerprint density at radius 2 is 1.65 bits per heavy atom. The van der Waals surface area contributed by atoms with E-state index in [4.69, 9.17) is 9.47 Å². The molecule has 4 rings (SSSR count). The molecule has 1 aliphatic carbocycles. The number of amides is 2. The van der Waals surface area contributed by atoms with Crippen molar-refractivity contribution >= 4 is 39.8 Å². The molecular formula is C29H32N2O5S. The Balaban J connectivity index is 1.39. The zero-order valence-electron chi connectivity index (χ0n) is 21.4. The first-order valence-corrected chi connectivity index (χ1v) is 13.5. The maximum absolute atomic E-state index is 13.0. The van der Waals surface area contributed by atoms with Gasteiger partial charge in [-0.05, 0) is 93.5 Å². The van der Waals surface area contributed by atoms with Crippen LogP contribution < -0.4 is 15.4 Å². The van der Waals surface area contributed by atoms with Gasteiger partial charge >= 0.3 is 5.97 Å². The number of anilines is 2. The van der Waals surface area contributed by atoms with Crippen LogP contribution in [0.2, 0.25) is 0 Å². The summed E-state index contributed by atoms with van der Waals surface area (Å²) in [6.45, 7) is 5.80. The van der Waals surface area contributed by atoms with E-state index in [1.165, 1.54) is 16.9 Å². The highest BCUT2D eigenvalue weighted by Crippen LogP contribution is 2.38. The predicted octanol–water partition coefficient (Wildman–Crippen LogP) is 6.02. The molecule has 0 radical (unpaired) electrons. The fourth-order valence-electron chi connectivity index (χ4n) is 4.26. The number of carbonyl (C=O) groups excluding carboxylic acids is 3. The molecule has 1 aromatic heterocycles. The smallest absolute Gasteiger partial charge is 0.341 e. The van der Waals surface area contributed by atoms with Gasteiger partial charge in [0.05, 0.1) is 12.2 Å². The molecule has 0 spiro atoms. The molecule has 0 fully saturated rings. The van der Waals surface area contributed by atoms with Gasteiger partial charge in [0.15, 0.2) is 6.10 Å². The van der Waals surface area contributed by atoms with Gasteiger partial charge in [-0.15, -0.1) is 11.3 Å². The lowest BCUT2D eigenvalue weighted by atomic mass is 9.95. The summed E-state index contributed by atoms with van der Waals surface area (Å²) < 4.78 is 11.0. The first-order valence-electron chi connectivity index (χ1n) is 12.7. The minimum absolute atomic E-state index is 0.265. The Kier molecular flexibility index (Phi) is 8.61. The number of aryl methyl sites for hydroxylation is 2. The molecule has 1 aliphatic rings. The minimum atomic E-state index is -0.727. The molecule has 8 heteroatoms. The van der Waals surface area contributed by atoms with Crippen molar-refractivity contribution < 1.29 is 23.9 Å². The predicted molar refractivity (Wildman–Crippen MR) is 146 cm³/mol. The van der Waals surface area contributed by atoms with Gasteiger partial charge in [0.25, 0.3) is 11.8 Å². The molecule has 7 nitrogen and oxygen atoms in total. The van der Waals surface area contributed by atoms with Crippen LogP contribution in [0.15, 0.2) is 48.5 Å². The van der Waals surface area contributed by atoms with Gasteiger partial charge in [-0.25, -0.2) is 4.79 Å². The van der Waals surface area contributed by atoms with E-state index in [9.17, 15) is 14.4 Å².